The highest BCUT2D eigenvalue weighted by molar-refractivity contribution is 7.89. The summed E-state index contributed by atoms with van der Waals surface area (Å²) in [7, 11) is -2.50. The van der Waals surface area contributed by atoms with Crippen LogP contribution in [-0.4, -0.2) is 21.3 Å². The molecular weight excluding hydrogens is 354 g/mol. The molecule has 0 aliphatic heterocycles. The third kappa shape index (κ3) is 3.01. The summed E-state index contributed by atoms with van der Waals surface area (Å²) in [6.07, 6.45) is 0. The molecule has 1 heterocycles. The summed E-state index contributed by atoms with van der Waals surface area (Å²) >= 11 is 5.82. The molecule has 3 rings (SSSR count). The summed E-state index contributed by atoms with van der Waals surface area (Å²) < 4.78 is 33.7. The maximum absolute atomic E-state index is 12.6. The number of primary sulfonamides is 1. The number of ether oxygens (including phenoxy) is 1. The average molecular weight is 366 g/mol. The molecule has 0 aliphatic rings. The molecule has 6 nitrogen and oxygen atoms in total. The highest BCUT2D eigenvalue weighted by atomic mass is 35.5. The maximum Gasteiger partial charge on any atom is 0.239 e. The third-order valence-corrected chi connectivity index (χ3v) is 4.84. The van der Waals surface area contributed by atoms with Crippen LogP contribution in [0.1, 0.15) is 16.1 Å². The van der Waals surface area contributed by atoms with Crippen LogP contribution >= 0.6 is 11.6 Å². The second-order valence-corrected chi connectivity index (χ2v) is 6.97. The molecule has 124 valence electrons. The molecular formula is C16H12ClNO5S. The highest BCUT2D eigenvalue weighted by Gasteiger charge is 2.20. The van der Waals surface area contributed by atoms with Crippen LogP contribution in [0.2, 0.25) is 5.02 Å². The first-order valence-corrected chi connectivity index (χ1v) is 8.66. The van der Waals surface area contributed by atoms with Crippen LogP contribution in [0.3, 0.4) is 0 Å². The highest BCUT2D eigenvalue weighted by Crippen LogP contribution is 2.27. The zero-order valence-corrected chi connectivity index (χ0v) is 14.0. The van der Waals surface area contributed by atoms with Crippen molar-refractivity contribution >= 4 is 38.4 Å². The average Bonchev–Trinajstić information content (AvgIpc) is 2.96. The largest absolute Gasteiger partial charge is 0.497 e. The van der Waals surface area contributed by atoms with Crippen molar-refractivity contribution in [1.82, 2.24) is 0 Å². The number of carbonyl (C=O) groups excluding carboxylic acids is 1. The molecule has 0 atom stereocenters. The van der Waals surface area contributed by atoms with Crippen molar-refractivity contribution in [2.45, 2.75) is 4.90 Å². The summed E-state index contributed by atoms with van der Waals surface area (Å²) in [4.78, 5) is 12.2. The summed E-state index contributed by atoms with van der Waals surface area (Å²) in [5.41, 5.74) is 0.620. The van der Waals surface area contributed by atoms with Gasteiger partial charge in [0, 0.05) is 10.9 Å². The molecule has 2 aromatic carbocycles. The van der Waals surface area contributed by atoms with Crippen LogP contribution < -0.4 is 9.88 Å². The van der Waals surface area contributed by atoms with Gasteiger partial charge in [0.1, 0.15) is 16.2 Å². The van der Waals surface area contributed by atoms with Gasteiger partial charge in [-0.1, -0.05) is 11.6 Å². The molecule has 1 aromatic heterocycles. The van der Waals surface area contributed by atoms with E-state index in [9.17, 15) is 13.2 Å². The minimum atomic E-state index is -4.04. The number of furan rings is 1. The fourth-order valence-corrected chi connectivity index (χ4v) is 3.34. The van der Waals surface area contributed by atoms with E-state index in [2.05, 4.69) is 0 Å². The van der Waals surface area contributed by atoms with Crippen molar-refractivity contribution in [2.75, 3.05) is 7.11 Å². The summed E-state index contributed by atoms with van der Waals surface area (Å²) in [5, 5.41) is 5.74. The molecule has 0 radical (unpaired) electrons. The van der Waals surface area contributed by atoms with E-state index in [1.54, 1.807) is 24.3 Å². The number of methoxy groups -OCH3 is 1. The van der Waals surface area contributed by atoms with Crippen molar-refractivity contribution in [3.8, 4) is 5.75 Å². The number of sulfonamides is 1. The van der Waals surface area contributed by atoms with E-state index >= 15 is 0 Å². The number of halogens is 1. The number of fused-ring (bicyclic) bond motifs is 1. The number of ketones is 1. The lowest BCUT2D eigenvalue weighted by molar-refractivity contribution is 0.101. The molecule has 0 unspecified atom stereocenters. The van der Waals surface area contributed by atoms with Crippen molar-refractivity contribution in [3.05, 3.63) is 58.8 Å². The SMILES string of the molecule is COc1ccc2oc(C(=O)c3ccc(Cl)c(S(N)(=O)=O)c3)cc2c1. The predicted molar refractivity (Wildman–Crippen MR) is 89.0 cm³/mol. The van der Waals surface area contributed by atoms with E-state index < -0.39 is 15.8 Å². The standard InChI is InChI=1S/C16H12ClNO5S/c1-22-11-3-5-13-10(6-11)7-14(23-13)16(19)9-2-4-12(17)15(8-9)24(18,20)21/h2-8H,1H3,(H2,18,20,21). The van der Waals surface area contributed by atoms with Gasteiger partial charge in [-0.3, -0.25) is 4.79 Å². The predicted octanol–water partition coefficient (Wildman–Crippen LogP) is 2.97. The van der Waals surface area contributed by atoms with E-state index in [1.165, 1.54) is 19.2 Å². The van der Waals surface area contributed by atoms with Crippen molar-refractivity contribution in [2.24, 2.45) is 5.14 Å². The van der Waals surface area contributed by atoms with Crippen LogP contribution in [0.25, 0.3) is 11.0 Å². The molecule has 2 N–H and O–H groups in total. The van der Waals surface area contributed by atoms with Gasteiger partial charge in [0.25, 0.3) is 0 Å². The van der Waals surface area contributed by atoms with Gasteiger partial charge in [-0.25, -0.2) is 13.6 Å². The third-order valence-electron chi connectivity index (χ3n) is 3.45. The first-order valence-electron chi connectivity index (χ1n) is 6.74. The number of benzene rings is 2. The molecule has 0 spiro atoms. The van der Waals surface area contributed by atoms with Crippen LogP contribution in [0.4, 0.5) is 0 Å². The van der Waals surface area contributed by atoms with Gasteiger partial charge in [0.05, 0.1) is 12.1 Å². The normalized spacial score (nSPS) is 11.6. The number of carbonyl (C=O) groups is 1. The number of hydrogen-bond acceptors (Lipinski definition) is 5. The first kappa shape index (κ1) is 16.5. The van der Waals surface area contributed by atoms with E-state index in [-0.39, 0.29) is 21.2 Å². The van der Waals surface area contributed by atoms with Crippen molar-refractivity contribution in [1.29, 1.82) is 0 Å². The van der Waals surface area contributed by atoms with Gasteiger partial charge in [-0.2, -0.15) is 0 Å². The molecule has 0 bridgehead atoms. The fraction of sp³-hybridized carbons (Fsp3) is 0.0625. The smallest absolute Gasteiger partial charge is 0.239 e. The fourth-order valence-electron chi connectivity index (χ4n) is 2.27. The lowest BCUT2D eigenvalue weighted by Crippen LogP contribution is -2.14. The second kappa shape index (κ2) is 5.94. The Morgan fingerprint density at radius 3 is 2.58 bits per heavy atom. The monoisotopic (exact) mass is 365 g/mol. The van der Waals surface area contributed by atoms with Gasteiger partial charge in [0.15, 0.2) is 5.76 Å². The van der Waals surface area contributed by atoms with Gasteiger partial charge >= 0.3 is 0 Å². The van der Waals surface area contributed by atoms with Gasteiger partial charge in [-0.15, -0.1) is 0 Å². The van der Waals surface area contributed by atoms with Crippen molar-refractivity contribution in [3.63, 3.8) is 0 Å². The Hall–Kier alpha value is -2.35. The molecule has 3 aromatic rings. The first-order chi connectivity index (χ1) is 11.3. The molecule has 8 heteroatoms. The Kier molecular flexibility index (Phi) is 4.08. The van der Waals surface area contributed by atoms with E-state index in [4.69, 9.17) is 25.9 Å². The Balaban J connectivity index is 2.06. The quantitative estimate of drug-likeness (QED) is 0.716. The topological polar surface area (TPSA) is 99.6 Å². The Labute approximate surface area is 142 Å². The lowest BCUT2D eigenvalue weighted by atomic mass is 10.1. The molecule has 0 saturated heterocycles. The molecule has 0 saturated carbocycles. The number of rotatable bonds is 4. The Bertz CT molecular complexity index is 1060. The molecule has 0 fully saturated rings. The van der Waals surface area contributed by atoms with Crippen LogP contribution in [0.15, 0.2) is 51.8 Å². The zero-order chi connectivity index (χ0) is 17.5. The molecule has 0 amide bonds. The summed E-state index contributed by atoms with van der Waals surface area (Å²) in [6.45, 7) is 0. The van der Waals surface area contributed by atoms with Crippen LogP contribution in [0, 0.1) is 0 Å². The van der Waals surface area contributed by atoms with E-state index in [1.807, 2.05) is 0 Å². The summed E-state index contributed by atoms with van der Waals surface area (Å²) in [6, 6.07) is 10.5. The number of nitrogens with two attached hydrogens (primary N) is 1. The minimum absolute atomic E-state index is 0.0524. The molecule has 0 aliphatic carbocycles. The van der Waals surface area contributed by atoms with Crippen LogP contribution in [-0.2, 0) is 10.0 Å². The molecule has 24 heavy (non-hydrogen) atoms. The van der Waals surface area contributed by atoms with E-state index in [0.717, 1.165) is 6.07 Å². The summed E-state index contributed by atoms with van der Waals surface area (Å²) in [5.74, 6) is 0.220. The van der Waals surface area contributed by atoms with Gasteiger partial charge in [-0.05, 0) is 42.5 Å². The lowest BCUT2D eigenvalue weighted by Gasteiger charge is -2.04. The Morgan fingerprint density at radius 1 is 1.17 bits per heavy atom. The van der Waals surface area contributed by atoms with Gasteiger partial charge < -0.3 is 9.15 Å². The second-order valence-electron chi connectivity index (χ2n) is 5.03. The maximum atomic E-state index is 12.6. The van der Waals surface area contributed by atoms with Crippen LogP contribution in [0.5, 0.6) is 5.75 Å². The zero-order valence-electron chi connectivity index (χ0n) is 12.4. The van der Waals surface area contributed by atoms with E-state index in [0.29, 0.717) is 16.7 Å². The minimum Gasteiger partial charge on any atom is -0.497 e. The number of hydrogen-bond donors (Lipinski definition) is 1. The Morgan fingerprint density at radius 2 is 1.92 bits per heavy atom. The van der Waals surface area contributed by atoms with Gasteiger partial charge in [0.2, 0.25) is 15.8 Å². The van der Waals surface area contributed by atoms with Crippen molar-refractivity contribution < 1.29 is 22.4 Å².